The number of hydrogen-bond donors (Lipinski definition) is 2. The Balaban J connectivity index is 2.26. The van der Waals surface area contributed by atoms with Crippen LogP contribution in [0.15, 0.2) is 0 Å². The van der Waals surface area contributed by atoms with Crippen molar-refractivity contribution < 1.29 is 0 Å². The molecule has 1 fully saturated rings. The molecule has 0 bridgehead atoms. The van der Waals surface area contributed by atoms with Gasteiger partial charge in [-0.3, -0.25) is 0 Å². The molecule has 0 aromatic rings. The molecule has 2 heteroatoms. The van der Waals surface area contributed by atoms with Gasteiger partial charge in [0.1, 0.15) is 0 Å². The topological polar surface area (TPSA) is 26.0 Å². The lowest BCUT2D eigenvalue weighted by molar-refractivity contribution is 0.706. The smallest absolute Gasteiger partial charge is 0.00496 e. The molecule has 0 spiro atoms. The minimum Gasteiger partial charge on any atom is -0.328 e. The fourth-order valence-corrected chi connectivity index (χ4v) is 1.41. The molecule has 0 heterocycles. The van der Waals surface area contributed by atoms with Crippen molar-refractivity contribution in [1.82, 2.24) is 0 Å². The highest BCUT2D eigenvalue weighted by molar-refractivity contribution is 7.80. The summed E-state index contributed by atoms with van der Waals surface area (Å²) in [6.07, 6.45) is 3.50. The fourth-order valence-electron chi connectivity index (χ4n) is 0.992. The summed E-state index contributed by atoms with van der Waals surface area (Å²) in [7, 11) is 0. The standard InChI is InChI=1S/C5H11NS/c6-4-1-2-5(7)3-4/h4-5,7H,1-3,6H2/t4-,5-/m1/s1. The fraction of sp³-hybridized carbons (Fsp3) is 1.00. The zero-order valence-corrected chi connectivity index (χ0v) is 5.20. The highest BCUT2D eigenvalue weighted by Gasteiger charge is 2.17. The summed E-state index contributed by atoms with van der Waals surface area (Å²) in [4.78, 5) is 0. The molecule has 1 rings (SSSR count). The van der Waals surface area contributed by atoms with E-state index >= 15 is 0 Å². The van der Waals surface area contributed by atoms with Crippen LogP contribution in [0.2, 0.25) is 0 Å². The summed E-state index contributed by atoms with van der Waals surface area (Å²) in [5.74, 6) is 0. The third-order valence-electron chi connectivity index (χ3n) is 1.45. The first-order valence-corrected chi connectivity index (χ1v) is 3.24. The first-order valence-electron chi connectivity index (χ1n) is 2.72. The number of hydrogen-bond acceptors (Lipinski definition) is 2. The maximum absolute atomic E-state index is 5.58. The maximum atomic E-state index is 5.58. The molecule has 0 saturated heterocycles. The van der Waals surface area contributed by atoms with Gasteiger partial charge in [0, 0.05) is 11.3 Å². The van der Waals surface area contributed by atoms with Crippen LogP contribution in [0.3, 0.4) is 0 Å². The maximum Gasteiger partial charge on any atom is 0.00496 e. The van der Waals surface area contributed by atoms with Gasteiger partial charge < -0.3 is 5.73 Å². The molecule has 2 N–H and O–H groups in total. The molecule has 1 saturated carbocycles. The first-order chi connectivity index (χ1) is 3.29. The Hall–Kier alpha value is 0.310. The predicted octanol–water partition coefficient (Wildman–Crippen LogP) is 0.796. The van der Waals surface area contributed by atoms with E-state index in [1.807, 2.05) is 0 Å². The molecule has 0 aromatic carbocycles. The van der Waals surface area contributed by atoms with Crippen LogP contribution in [0.1, 0.15) is 19.3 Å². The Labute approximate surface area is 49.7 Å². The van der Waals surface area contributed by atoms with Crippen molar-refractivity contribution >= 4 is 12.6 Å². The molecule has 0 aliphatic heterocycles. The van der Waals surface area contributed by atoms with Crippen LogP contribution >= 0.6 is 12.6 Å². The van der Waals surface area contributed by atoms with E-state index in [4.69, 9.17) is 5.73 Å². The quantitative estimate of drug-likeness (QED) is 0.451. The van der Waals surface area contributed by atoms with Gasteiger partial charge in [0.05, 0.1) is 0 Å². The second kappa shape index (κ2) is 2.05. The highest BCUT2D eigenvalue weighted by atomic mass is 32.1. The Kier molecular flexibility index (Phi) is 1.60. The van der Waals surface area contributed by atoms with Crippen molar-refractivity contribution in [3.63, 3.8) is 0 Å². The van der Waals surface area contributed by atoms with Gasteiger partial charge >= 0.3 is 0 Å². The van der Waals surface area contributed by atoms with Gasteiger partial charge in [0.15, 0.2) is 0 Å². The van der Waals surface area contributed by atoms with E-state index in [1.54, 1.807) is 0 Å². The summed E-state index contributed by atoms with van der Waals surface area (Å²) >= 11 is 4.27. The normalized spacial score (nSPS) is 42.0. The van der Waals surface area contributed by atoms with E-state index in [-0.39, 0.29) is 0 Å². The van der Waals surface area contributed by atoms with E-state index in [0.29, 0.717) is 11.3 Å². The summed E-state index contributed by atoms with van der Waals surface area (Å²) in [6.45, 7) is 0. The Morgan fingerprint density at radius 3 is 2.29 bits per heavy atom. The van der Waals surface area contributed by atoms with E-state index in [9.17, 15) is 0 Å². The van der Waals surface area contributed by atoms with Gasteiger partial charge in [-0.1, -0.05) is 0 Å². The second-order valence-electron chi connectivity index (χ2n) is 2.23. The van der Waals surface area contributed by atoms with Crippen molar-refractivity contribution in [2.45, 2.75) is 30.6 Å². The van der Waals surface area contributed by atoms with E-state index < -0.39 is 0 Å². The molecule has 7 heavy (non-hydrogen) atoms. The van der Waals surface area contributed by atoms with Crippen molar-refractivity contribution in [2.24, 2.45) is 5.73 Å². The Bertz CT molecular complexity index is 57.1. The zero-order valence-electron chi connectivity index (χ0n) is 4.30. The Morgan fingerprint density at radius 2 is 2.14 bits per heavy atom. The average Bonchev–Trinajstić information content (AvgIpc) is 1.87. The molecule has 0 unspecified atom stereocenters. The van der Waals surface area contributed by atoms with Gasteiger partial charge in [0.2, 0.25) is 0 Å². The van der Waals surface area contributed by atoms with Crippen LogP contribution in [0.5, 0.6) is 0 Å². The van der Waals surface area contributed by atoms with Crippen LogP contribution in [-0.2, 0) is 0 Å². The van der Waals surface area contributed by atoms with Gasteiger partial charge in [-0.05, 0) is 19.3 Å². The van der Waals surface area contributed by atoms with Gasteiger partial charge in [-0.25, -0.2) is 0 Å². The molecule has 2 atom stereocenters. The molecule has 1 nitrogen and oxygen atoms in total. The average molecular weight is 117 g/mol. The third kappa shape index (κ3) is 1.35. The van der Waals surface area contributed by atoms with Crippen LogP contribution in [0, 0.1) is 0 Å². The van der Waals surface area contributed by atoms with Crippen molar-refractivity contribution in [3.8, 4) is 0 Å². The lowest BCUT2D eigenvalue weighted by atomic mass is 10.3. The van der Waals surface area contributed by atoms with E-state index in [1.165, 1.54) is 12.8 Å². The minimum absolute atomic E-state index is 0.447. The predicted molar refractivity (Wildman–Crippen MR) is 34.6 cm³/mol. The lowest BCUT2D eigenvalue weighted by Gasteiger charge is -1.96. The highest BCUT2D eigenvalue weighted by Crippen LogP contribution is 2.21. The van der Waals surface area contributed by atoms with Crippen LogP contribution < -0.4 is 5.73 Å². The zero-order chi connectivity index (χ0) is 5.28. The van der Waals surface area contributed by atoms with Crippen molar-refractivity contribution in [2.75, 3.05) is 0 Å². The van der Waals surface area contributed by atoms with Crippen molar-refractivity contribution in [1.29, 1.82) is 0 Å². The summed E-state index contributed by atoms with van der Waals surface area (Å²) < 4.78 is 0. The second-order valence-corrected chi connectivity index (χ2v) is 2.96. The number of nitrogens with two attached hydrogens (primary N) is 1. The van der Waals surface area contributed by atoms with Gasteiger partial charge in [-0.15, -0.1) is 0 Å². The first kappa shape index (κ1) is 5.45. The largest absolute Gasteiger partial charge is 0.328 e. The Morgan fingerprint density at radius 1 is 1.43 bits per heavy atom. The molecular weight excluding hydrogens is 106 g/mol. The molecular formula is C5H11NS. The SMILES string of the molecule is N[C@@H]1CC[C@@H](S)C1. The lowest BCUT2D eigenvalue weighted by Crippen LogP contribution is -2.14. The molecule has 1 aliphatic rings. The van der Waals surface area contributed by atoms with Crippen LogP contribution in [0.4, 0.5) is 0 Å². The minimum atomic E-state index is 0.447. The van der Waals surface area contributed by atoms with Crippen LogP contribution in [-0.4, -0.2) is 11.3 Å². The molecule has 0 aromatic heterocycles. The molecule has 1 aliphatic carbocycles. The van der Waals surface area contributed by atoms with Gasteiger partial charge in [-0.2, -0.15) is 12.6 Å². The number of rotatable bonds is 0. The molecule has 42 valence electrons. The van der Waals surface area contributed by atoms with E-state index in [2.05, 4.69) is 12.6 Å². The summed E-state index contributed by atoms with van der Waals surface area (Å²) in [6, 6.07) is 0.447. The monoisotopic (exact) mass is 117 g/mol. The van der Waals surface area contributed by atoms with Crippen LogP contribution in [0.25, 0.3) is 0 Å². The van der Waals surface area contributed by atoms with E-state index in [0.717, 1.165) is 6.42 Å². The molecule has 0 radical (unpaired) electrons. The van der Waals surface area contributed by atoms with Gasteiger partial charge in [0.25, 0.3) is 0 Å². The third-order valence-corrected chi connectivity index (χ3v) is 1.91. The van der Waals surface area contributed by atoms with Crippen molar-refractivity contribution in [3.05, 3.63) is 0 Å². The summed E-state index contributed by atoms with van der Waals surface area (Å²) in [5, 5.41) is 0.593. The number of thiol groups is 1. The molecule has 0 amide bonds. The summed E-state index contributed by atoms with van der Waals surface area (Å²) in [5.41, 5.74) is 5.58.